The number of nitrogens with one attached hydrogen (secondary N) is 1. The van der Waals surface area contributed by atoms with E-state index in [1.807, 2.05) is 0 Å². The molecule has 0 spiro atoms. The summed E-state index contributed by atoms with van der Waals surface area (Å²) < 4.78 is 5.32. The molecule has 108 valence electrons. The highest BCUT2D eigenvalue weighted by Crippen LogP contribution is 2.26. The van der Waals surface area contributed by atoms with Gasteiger partial charge in [0.15, 0.2) is 0 Å². The van der Waals surface area contributed by atoms with Crippen LogP contribution in [0.3, 0.4) is 0 Å². The maximum Gasteiger partial charge on any atom is 0.0628 e. The summed E-state index contributed by atoms with van der Waals surface area (Å²) >= 11 is 0. The third-order valence-electron chi connectivity index (χ3n) is 4.09. The van der Waals surface area contributed by atoms with Crippen LogP contribution in [0.5, 0.6) is 0 Å². The van der Waals surface area contributed by atoms with Gasteiger partial charge in [0.1, 0.15) is 0 Å². The monoisotopic (exact) mass is 256 g/mol. The summed E-state index contributed by atoms with van der Waals surface area (Å²) in [5.41, 5.74) is 0. The minimum absolute atomic E-state index is 0.470. The van der Waals surface area contributed by atoms with Crippen molar-refractivity contribution in [3.8, 4) is 0 Å². The largest absolute Gasteiger partial charge is 0.383 e. The van der Waals surface area contributed by atoms with E-state index in [9.17, 15) is 0 Å². The molecule has 0 amide bonds. The summed E-state index contributed by atoms with van der Waals surface area (Å²) in [5.74, 6) is 0.899. The highest BCUT2D eigenvalue weighted by Gasteiger charge is 2.23. The molecule has 0 aromatic rings. The lowest BCUT2D eigenvalue weighted by molar-refractivity contribution is 0.111. The number of methoxy groups -OCH3 is 1. The van der Waals surface area contributed by atoms with Crippen molar-refractivity contribution in [2.45, 2.75) is 58.0 Å². The summed E-state index contributed by atoms with van der Waals surface area (Å²) in [6, 6.07) is 1.24. The average molecular weight is 256 g/mol. The van der Waals surface area contributed by atoms with Gasteiger partial charge in [0.2, 0.25) is 0 Å². The van der Waals surface area contributed by atoms with E-state index in [0.29, 0.717) is 6.04 Å². The lowest BCUT2D eigenvalue weighted by Crippen LogP contribution is -2.47. The summed E-state index contributed by atoms with van der Waals surface area (Å²) in [7, 11) is 4.07. The van der Waals surface area contributed by atoms with Crippen LogP contribution in [0.4, 0.5) is 0 Å². The topological polar surface area (TPSA) is 24.5 Å². The van der Waals surface area contributed by atoms with E-state index in [0.717, 1.165) is 31.7 Å². The van der Waals surface area contributed by atoms with Crippen molar-refractivity contribution in [3.05, 3.63) is 0 Å². The predicted octanol–water partition coefficient (Wildman–Crippen LogP) is 2.51. The van der Waals surface area contributed by atoms with Crippen LogP contribution in [-0.2, 0) is 4.74 Å². The molecular formula is C15H32N2O. The molecule has 18 heavy (non-hydrogen) atoms. The van der Waals surface area contributed by atoms with Crippen LogP contribution in [0.25, 0.3) is 0 Å². The van der Waals surface area contributed by atoms with E-state index in [2.05, 4.69) is 31.1 Å². The number of rotatable bonds is 8. The SMILES string of the molecule is CCCNC(COC)CN(C)C1CCCC(C)C1. The minimum Gasteiger partial charge on any atom is -0.383 e. The standard InChI is InChI=1S/C15H32N2O/c1-5-9-16-14(12-18-4)11-17(3)15-8-6-7-13(2)10-15/h13-16H,5-12H2,1-4H3. The quantitative estimate of drug-likeness (QED) is 0.722. The van der Waals surface area contributed by atoms with E-state index in [-0.39, 0.29) is 0 Å². The van der Waals surface area contributed by atoms with E-state index in [1.54, 1.807) is 7.11 Å². The van der Waals surface area contributed by atoms with Gasteiger partial charge in [-0.15, -0.1) is 0 Å². The number of nitrogens with zero attached hydrogens (tertiary/aromatic N) is 1. The van der Waals surface area contributed by atoms with Gasteiger partial charge in [0.25, 0.3) is 0 Å². The summed E-state index contributed by atoms with van der Waals surface area (Å²) in [4.78, 5) is 2.54. The molecule has 1 aliphatic carbocycles. The fourth-order valence-electron chi connectivity index (χ4n) is 3.02. The molecule has 3 unspecified atom stereocenters. The highest BCUT2D eigenvalue weighted by molar-refractivity contribution is 4.80. The van der Waals surface area contributed by atoms with E-state index in [1.165, 1.54) is 32.1 Å². The molecule has 0 bridgehead atoms. The van der Waals surface area contributed by atoms with Gasteiger partial charge < -0.3 is 15.0 Å². The van der Waals surface area contributed by atoms with Crippen molar-refractivity contribution in [3.63, 3.8) is 0 Å². The first-order chi connectivity index (χ1) is 8.67. The number of ether oxygens (including phenoxy) is 1. The first-order valence-electron chi connectivity index (χ1n) is 7.59. The zero-order valence-corrected chi connectivity index (χ0v) is 12.7. The first kappa shape index (κ1) is 15.9. The Labute approximate surface area is 113 Å². The van der Waals surface area contributed by atoms with Crippen molar-refractivity contribution in [1.29, 1.82) is 0 Å². The van der Waals surface area contributed by atoms with Crippen molar-refractivity contribution in [2.24, 2.45) is 5.92 Å². The first-order valence-corrected chi connectivity index (χ1v) is 7.59. The Morgan fingerprint density at radius 3 is 2.78 bits per heavy atom. The molecule has 0 aliphatic heterocycles. The highest BCUT2D eigenvalue weighted by atomic mass is 16.5. The maximum atomic E-state index is 5.32. The average Bonchev–Trinajstić information content (AvgIpc) is 2.36. The Morgan fingerprint density at radius 1 is 1.39 bits per heavy atom. The Kier molecular flexibility index (Phi) is 7.87. The van der Waals surface area contributed by atoms with Crippen LogP contribution >= 0.6 is 0 Å². The van der Waals surface area contributed by atoms with Gasteiger partial charge in [-0.05, 0) is 38.8 Å². The van der Waals surface area contributed by atoms with Gasteiger partial charge in [-0.1, -0.05) is 26.7 Å². The van der Waals surface area contributed by atoms with Crippen LogP contribution in [-0.4, -0.2) is 50.8 Å². The Hall–Kier alpha value is -0.120. The predicted molar refractivity (Wildman–Crippen MR) is 78.0 cm³/mol. The number of hydrogen-bond acceptors (Lipinski definition) is 3. The fourth-order valence-corrected chi connectivity index (χ4v) is 3.02. The molecule has 3 heteroatoms. The molecule has 0 saturated heterocycles. The van der Waals surface area contributed by atoms with Gasteiger partial charge >= 0.3 is 0 Å². The molecule has 0 aromatic carbocycles. The molecule has 3 nitrogen and oxygen atoms in total. The third-order valence-corrected chi connectivity index (χ3v) is 4.09. The molecule has 0 radical (unpaired) electrons. The second kappa shape index (κ2) is 8.89. The number of likely N-dealkylation sites (N-methyl/N-ethyl adjacent to an activating group) is 1. The van der Waals surface area contributed by atoms with Gasteiger partial charge in [-0.3, -0.25) is 0 Å². The second-order valence-corrected chi connectivity index (χ2v) is 5.97. The van der Waals surface area contributed by atoms with E-state index in [4.69, 9.17) is 4.74 Å². The van der Waals surface area contributed by atoms with Gasteiger partial charge in [0.05, 0.1) is 6.61 Å². The van der Waals surface area contributed by atoms with E-state index >= 15 is 0 Å². The van der Waals surface area contributed by atoms with Crippen LogP contribution in [0.1, 0.15) is 46.0 Å². The third kappa shape index (κ3) is 5.68. The lowest BCUT2D eigenvalue weighted by Gasteiger charge is -2.36. The minimum atomic E-state index is 0.470. The molecule has 1 saturated carbocycles. The van der Waals surface area contributed by atoms with E-state index < -0.39 is 0 Å². The second-order valence-electron chi connectivity index (χ2n) is 5.97. The smallest absolute Gasteiger partial charge is 0.0628 e. The number of hydrogen-bond donors (Lipinski definition) is 1. The molecular weight excluding hydrogens is 224 g/mol. The summed E-state index contributed by atoms with van der Waals surface area (Å²) in [5, 5.41) is 3.58. The Morgan fingerprint density at radius 2 is 2.17 bits per heavy atom. The van der Waals surface area contributed by atoms with Gasteiger partial charge in [-0.2, -0.15) is 0 Å². The molecule has 3 atom stereocenters. The normalized spacial score (nSPS) is 26.5. The zero-order valence-electron chi connectivity index (χ0n) is 12.7. The molecule has 1 rings (SSSR count). The van der Waals surface area contributed by atoms with Crippen molar-refractivity contribution in [1.82, 2.24) is 10.2 Å². The molecule has 0 aromatic heterocycles. The molecule has 0 heterocycles. The van der Waals surface area contributed by atoms with Crippen LogP contribution in [0, 0.1) is 5.92 Å². The Balaban J connectivity index is 2.36. The Bertz CT molecular complexity index is 211. The zero-order chi connectivity index (χ0) is 13.4. The molecule has 1 fully saturated rings. The summed E-state index contributed by atoms with van der Waals surface area (Å²) in [6.07, 6.45) is 6.73. The van der Waals surface area contributed by atoms with Crippen LogP contribution in [0.15, 0.2) is 0 Å². The van der Waals surface area contributed by atoms with Gasteiger partial charge in [-0.25, -0.2) is 0 Å². The molecule has 1 aliphatic rings. The van der Waals surface area contributed by atoms with Crippen molar-refractivity contribution in [2.75, 3.05) is 33.9 Å². The van der Waals surface area contributed by atoms with Gasteiger partial charge in [0, 0.05) is 25.7 Å². The van der Waals surface area contributed by atoms with Crippen LogP contribution in [0.2, 0.25) is 0 Å². The maximum absolute atomic E-state index is 5.32. The molecule has 1 N–H and O–H groups in total. The van der Waals surface area contributed by atoms with Crippen molar-refractivity contribution < 1.29 is 4.74 Å². The lowest BCUT2D eigenvalue weighted by atomic mass is 9.86. The van der Waals surface area contributed by atoms with Crippen LogP contribution < -0.4 is 5.32 Å². The van der Waals surface area contributed by atoms with Crippen molar-refractivity contribution >= 4 is 0 Å². The summed E-state index contributed by atoms with van der Waals surface area (Å²) in [6.45, 7) is 7.60. The fraction of sp³-hybridized carbons (Fsp3) is 1.00.